The molecule has 0 spiro atoms. The van der Waals surface area contributed by atoms with E-state index in [9.17, 15) is 4.79 Å². The summed E-state index contributed by atoms with van der Waals surface area (Å²) in [5.74, 6) is -0.193. The van der Waals surface area contributed by atoms with Crippen LogP contribution >= 0.6 is 0 Å². The van der Waals surface area contributed by atoms with Crippen LogP contribution in [0.4, 0.5) is 0 Å². The second-order valence-electron chi connectivity index (χ2n) is 1.34. The molecule has 0 saturated carbocycles. The minimum absolute atomic E-state index is 0. The Bertz CT molecular complexity index is 63.4. The van der Waals surface area contributed by atoms with Crippen molar-refractivity contribution in [1.29, 1.82) is 0 Å². The van der Waals surface area contributed by atoms with Crippen molar-refractivity contribution in [3.8, 4) is 0 Å². The molecular formula is C5H12CaO2. The Morgan fingerprint density at radius 2 is 2.12 bits per heavy atom. The Balaban J connectivity index is 0. The molecule has 2 nitrogen and oxygen atoms in total. The van der Waals surface area contributed by atoms with Crippen molar-refractivity contribution >= 4 is 43.7 Å². The third-order valence-electron chi connectivity index (χ3n) is 0.509. The molecule has 0 unspecified atom stereocenters. The molecule has 0 rings (SSSR count). The quantitative estimate of drug-likeness (QED) is 0.404. The third-order valence-corrected chi connectivity index (χ3v) is 0.509. The third kappa shape index (κ3) is 9.88. The molecule has 0 aromatic heterocycles. The predicted molar refractivity (Wildman–Crippen MR) is 35.5 cm³/mol. The second-order valence-corrected chi connectivity index (χ2v) is 1.34. The fourth-order valence-corrected chi connectivity index (χ4v) is 0.246. The van der Waals surface area contributed by atoms with E-state index < -0.39 is 0 Å². The number of carbonyl (C=O) groups is 1. The van der Waals surface area contributed by atoms with Gasteiger partial charge >= 0.3 is 43.7 Å². The Kier molecular flexibility index (Phi) is 11.1. The van der Waals surface area contributed by atoms with E-state index in [4.69, 9.17) is 0 Å². The molecular weight excluding hydrogens is 132 g/mol. The van der Waals surface area contributed by atoms with E-state index in [2.05, 4.69) is 4.74 Å². The Morgan fingerprint density at radius 1 is 1.62 bits per heavy atom. The standard InChI is InChI=1S/C5H10O2.Ca.2H/c1-3-4-7-5(2)6;;;/h3-4H2,1-2H3;;;. The molecule has 3 heteroatoms. The molecule has 46 valence electrons. The van der Waals surface area contributed by atoms with Gasteiger partial charge in [-0.3, -0.25) is 4.79 Å². The molecule has 8 heavy (non-hydrogen) atoms. The van der Waals surface area contributed by atoms with Gasteiger partial charge in [0.1, 0.15) is 0 Å². The van der Waals surface area contributed by atoms with Crippen molar-refractivity contribution < 1.29 is 9.53 Å². The molecule has 0 aliphatic rings. The molecule has 0 aliphatic carbocycles. The van der Waals surface area contributed by atoms with E-state index in [0.29, 0.717) is 6.61 Å². The van der Waals surface area contributed by atoms with Gasteiger partial charge in [-0.25, -0.2) is 0 Å². The van der Waals surface area contributed by atoms with E-state index in [1.807, 2.05) is 6.92 Å². The summed E-state index contributed by atoms with van der Waals surface area (Å²) >= 11 is 0. The SMILES string of the molecule is CCCOC(C)=O.[CaH2]. The van der Waals surface area contributed by atoms with Crippen LogP contribution in [-0.2, 0) is 9.53 Å². The molecule has 0 N–H and O–H groups in total. The van der Waals surface area contributed by atoms with E-state index in [0.717, 1.165) is 6.42 Å². The normalized spacial score (nSPS) is 7.25. The van der Waals surface area contributed by atoms with Crippen molar-refractivity contribution in [2.24, 2.45) is 0 Å². The Hall–Kier alpha value is 0.730. The van der Waals surface area contributed by atoms with Crippen LogP contribution in [0, 0.1) is 0 Å². The van der Waals surface area contributed by atoms with Crippen LogP contribution < -0.4 is 0 Å². The summed E-state index contributed by atoms with van der Waals surface area (Å²) in [5.41, 5.74) is 0. The van der Waals surface area contributed by atoms with Crippen LogP contribution in [0.25, 0.3) is 0 Å². The van der Waals surface area contributed by atoms with Crippen molar-refractivity contribution in [2.45, 2.75) is 20.3 Å². The number of hydrogen-bond donors (Lipinski definition) is 0. The minimum atomic E-state index is -0.193. The zero-order valence-corrected chi connectivity index (χ0v) is 4.73. The maximum absolute atomic E-state index is 9.98. The van der Waals surface area contributed by atoms with Crippen LogP contribution in [0.2, 0.25) is 0 Å². The molecule has 0 amide bonds. The fraction of sp³-hybridized carbons (Fsp3) is 0.800. The summed E-state index contributed by atoms with van der Waals surface area (Å²) < 4.78 is 4.55. The van der Waals surface area contributed by atoms with Crippen LogP contribution in [0.3, 0.4) is 0 Å². The maximum atomic E-state index is 9.98. The van der Waals surface area contributed by atoms with Gasteiger partial charge in [-0.2, -0.15) is 0 Å². The van der Waals surface area contributed by atoms with Crippen molar-refractivity contribution in [2.75, 3.05) is 6.61 Å². The average Bonchev–Trinajstić information content (AvgIpc) is 1.61. The first kappa shape index (κ1) is 11.5. The first-order valence-corrected chi connectivity index (χ1v) is 2.40. The van der Waals surface area contributed by atoms with Crippen LogP contribution in [0.15, 0.2) is 0 Å². The summed E-state index contributed by atoms with van der Waals surface area (Å²) in [6.45, 7) is 3.92. The van der Waals surface area contributed by atoms with Gasteiger partial charge in [0.25, 0.3) is 0 Å². The second kappa shape index (κ2) is 7.73. The van der Waals surface area contributed by atoms with Crippen molar-refractivity contribution in [1.82, 2.24) is 0 Å². The summed E-state index contributed by atoms with van der Waals surface area (Å²) in [5, 5.41) is 0. The molecule has 0 aromatic carbocycles. The van der Waals surface area contributed by atoms with Gasteiger partial charge in [0.15, 0.2) is 0 Å². The van der Waals surface area contributed by atoms with Crippen molar-refractivity contribution in [3.63, 3.8) is 0 Å². The van der Waals surface area contributed by atoms with Crippen LogP contribution in [-0.4, -0.2) is 50.3 Å². The van der Waals surface area contributed by atoms with Gasteiger partial charge in [-0.15, -0.1) is 0 Å². The molecule has 0 aliphatic heterocycles. The van der Waals surface area contributed by atoms with Crippen LogP contribution in [0.1, 0.15) is 20.3 Å². The monoisotopic (exact) mass is 144 g/mol. The van der Waals surface area contributed by atoms with E-state index in [1.54, 1.807) is 0 Å². The number of carbonyl (C=O) groups excluding carboxylic acids is 1. The summed E-state index contributed by atoms with van der Waals surface area (Å²) in [6, 6.07) is 0. The topological polar surface area (TPSA) is 26.3 Å². The summed E-state index contributed by atoms with van der Waals surface area (Å²) in [7, 11) is 0. The van der Waals surface area contributed by atoms with Gasteiger partial charge in [-0.05, 0) is 6.42 Å². The van der Waals surface area contributed by atoms with E-state index in [1.165, 1.54) is 6.92 Å². The zero-order valence-electron chi connectivity index (χ0n) is 4.73. The molecule has 0 radical (unpaired) electrons. The zero-order chi connectivity index (χ0) is 5.70. The molecule has 0 saturated heterocycles. The van der Waals surface area contributed by atoms with Gasteiger partial charge in [0.05, 0.1) is 6.61 Å². The van der Waals surface area contributed by atoms with E-state index >= 15 is 0 Å². The molecule has 0 fully saturated rings. The van der Waals surface area contributed by atoms with Gasteiger partial charge < -0.3 is 4.74 Å². The first-order chi connectivity index (χ1) is 3.27. The number of hydrogen-bond acceptors (Lipinski definition) is 2. The first-order valence-electron chi connectivity index (χ1n) is 2.40. The van der Waals surface area contributed by atoms with Gasteiger partial charge in [0.2, 0.25) is 0 Å². The molecule has 0 heterocycles. The number of esters is 1. The van der Waals surface area contributed by atoms with Crippen LogP contribution in [0.5, 0.6) is 0 Å². The van der Waals surface area contributed by atoms with E-state index in [-0.39, 0.29) is 43.7 Å². The summed E-state index contributed by atoms with van der Waals surface area (Å²) in [4.78, 5) is 9.98. The Morgan fingerprint density at radius 3 is 2.25 bits per heavy atom. The Labute approximate surface area is 79.6 Å². The predicted octanol–water partition coefficient (Wildman–Crippen LogP) is 0.0433. The fourth-order valence-electron chi connectivity index (χ4n) is 0.246. The number of rotatable bonds is 2. The van der Waals surface area contributed by atoms with Crippen molar-refractivity contribution in [3.05, 3.63) is 0 Å². The summed E-state index contributed by atoms with van der Waals surface area (Å²) in [6.07, 6.45) is 0.902. The average molecular weight is 144 g/mol. The molecule has 0 atom stereocenters. The number of ether oxygens (including phenoxy) is 1. The molecule has 0 aromatic rings. The molecule has 0 bridgehead atoms. The van der Waals surface area contributed by atoms with Gasteiger partial charge in [0, 0.05) is 6.92 Å². The van der Waals surface area contributed by atoms with Gasteiger partial charge in [-0.1, -0.05) is 6.92 Å².